The van der Waals surface area contributed by atoms with E-state index >= 15 is 0 Å². The summed E-state index contributed by atoms with van der Waals surface area (Å²) in [4.78, 5) is 43.1. The van der Waals surface area contributed by atoms with Crippen molar-refractivity contribution < 1.29 is 19.4 Å². The van der Waals surface area contributed by atoms with E-state index in [-0.39, 0.29) is 24.5 Å². The summed E-state index contributed by atoms with van der Waals surface area (Å²) in [5.74, 6) is -0.978. The number of hydrogen-bond acceptors (Lipinski definition) is 7. The van der Waals surface area contributed by atoms with Gasteiger partial charge in [-0.3, -0.25) is 9.59 Å². The zero-order valence-electron chi connectivity index (χ0n) is 19.6. The number of nitrogens with one attached hydrogen (secondary N) is 1. The van der Waals surface area contributed by atoms with Crippen molar-refractivity contribution in [2.75, 3.05) is 5.32 Å². The van der Waals surface area contributed by atoms with Crippen LogP contribution in [0.25, 0.3) is 22.3 Å². The van der Waals surface area contributed by atoms with Crippen molar-refractivity contribution in [2.45, 2.75) is 64.3 Å². The summed E-state index contributed by atoms with van der Waals surface area (Å²) in [6.07, 6.45) is 2.65. The molecule has 2 atom stereocenters. The molecule has 0 saturated heterocycles. The summed E-state index contributed by atoms with van der Waals surface area (Å²) in [6.45, 7) is 3.55. The number of rotatable bonds is 3. The number of aliphatic hydroxyl groups is 1. The molecule has 35 heavy (non-hydrogen) atoms. The van der Waals surface area contributed by atoms with Gasteiger partial charge < -0.3 is 25.5 Å². The van der Waals surface area contributed by atoms with Gasteiger partial charge in [-0.25, -0.2) is 9.78 Å². The second-order valence-electron chi connectivity index (χ2n) is 9.64. The fourth-order valence-corrected chi connectivity index (χ4v) is 5.68. The average Bonchev–Trinajstić information content (AvgIpc) is 3.22. The molecular formula is C26H26N4O5. The standard InChI is InChI=1S/C26H26N4O5/c1-3-26(34)17-9-20-22-15(10-30(20)24(32)16(17)11-35-25(26)33)13-5-4-6-14-18(29-23(31)12(2)27)7-8-19(28-22)21(13)14/h7-9,12,34H,3-6,10-11,27H2,1-2H3,(H,29,31)/t12-,26-/m0/s1. The second kappa shape index (κ2) is 7.47. The number of pyridine rings is 2. The predicted octanol–water partition coefficient (Wildman–Crippen LogP) is 1.85. The Morgan fingerprint density at radius 1 is 1.26 bits per heavy atom. The fraction of sp³-hybridized carbons (Fsp3) is 0.385. The fourth-order valence-electron chi connectivity index (χ4n) is 5.68. The number of fused-ring (bicyclic) bond motifs is 5. The highest BCUT2D eigenvalue weighted by molar-refractivity contribution is 6.00. The minimum Gasteiger partial charge on any atom is -0.458 e. The van der Waals surface area contributed by atoms with E-state index in [1.807, 2.05) is 12.1 Å². The second-order valence-corrected chi connectivity index (χ2v) is 9.64. The molecule has 0 saturated carbocycles. The molecule has 0 radical (unpaired) electrons. The van der Waals surface area contributed by atoms with Gasteiger partial charge in [-0.1, -0.05) is 6.92 Å². The molecule has 3 aliphatic rings. The van der Waals surface area contributed by atoms with E-state index in [4.69, 9.17) is 15.5 Å². The number of amides is 1. The SMILES string of the molecule is CC[C@@]1(O)C(=O)OCc2c1cc1n(c2=O)Cc2c-1nc1ccc(NC(=O)[C@H](C)N)c3c1c2CCC3. The molecule has 1 amide bonds. The molecule has 9 nitrogen and oxygen atoms in total. The molecule has 2 aromatic heterocycles. The molecule has 0 bridgehead atoms. The van der Waals surface area contributed by atoms with E-state index in [0.717, 1.165) is 52.5 Å². The minimum absolute atomic E-state index is 0.101. The van der Waals surface area contributed by atoms with Gasteiger partial charge >= 0.3 is 5.97 Å². The Morgan fingerprint density at radius 3 is 2.77 bits per heavy atom. The Labute approximate surface area is 200 Å². The molecule has 0 fully saturated rings. The molecule has 9 heteroatoms. The molecule has 2 aliphatic heterocycles. The van der Waals surface area contributed by atoms with Gasteiger partial charge in [0.05, 0.1) is 35.1 Å². The quantitative estimate of drug-likeness (QED) is 0.386. The third kappa shape index (κ3) is 2.94. The first-order valence-corrected chi connectivity index (χ1v) is 12.0. The summed E-state index contributed by atoms with van der Waals surface area (Å²) in [5, 5.41) is 15.0. The summed E-state index contributed by atoms with van der Waals surface area (Å²) in [5.41, 5.74) is 10.2. The van der Waals surface area contributed by atoms with Crippen LogP contribution in [-0.2, 0) is 45.9 Å². The zero-order valence-corrected chi connectivity index (χ0v) is 19.6. The number of carbonyl (C=O) groups is 2. The first kappa shape index (κ1) is 21.9. The van der Waals surface area contributed by atoms with E-state index in [0.29, 0.717) is 29.1 Å². The molecule has 0 spiro atoms. The van der Waals surface area contributed by atoms with Crippen molar-refractivity contribution in [3.8, 4) is 11.4 Å². The van der Waals surface area contributed by atoms with E-state index in [1.54, 1.807) is 24.5 Å². The van der Waals surface area contributed by atoms with Gasteiger partial charge in [0.1, 0.15) is 6.61 Å². The Morgan fingerprint density at radius 2 is 2.03 bits per heavy atom. The predicted molar refractivity (Wildman–Crippen MR) is 129 cm³/mol. The van der Waals surface area contributed by atoms with Gasteiger partial charge in [0.2, 0.25) is 5.91 Å². The van der Waals surface area contributed by atoms with Gasteiger partial charge in [-0.15, -0.1) is 0 Å². The highest BCUT2D eigenvalue weighted by atomic mass is 16.6. The van der Waals surface area contributed by atoms with Crippen molar-refractivity contribution in [1.82, 2.24) is 9.55 Å². The van der Waals surface area contributed by atoms with E-state index in [9.17, 15) is 19.5 Å². The normalized spacial score (nSPS) is 20.6. The Hall–Kier alpha value is -3.56. The lowest BCUT2D eigenvalue weighted by Gasteiger charge is -2.31. The Balaban J connectivity index is 1.57. The van der Waals surface area contributed by atoms with Gasteiger partial charge in [-0.2, -0.15) is 0 Å². The molecular weight excluding hydrogens is 448 g/mol. The van der Waals surface area contributed by atoms with Gasteiger partial charge in [0, 0.05) is 22.2 Å². The van der Waals surface area contributed by atoms with Crippen molar-refractivity contribution >= 4 is 28.5 Å². The van der Waals surface area contributed by atoms with Crippen LogP contribution in [0.1, 0.15) is 54.5 Å². The molecule has 4 heterocycles. The number of aromatic nitrogens is 2. The lowest BCUT2D eigenvalue weighted by Crippen LogP contribution is -2.44. The lowest BCUT2D eigenvalue weighted by molar-refractivity contribution is -0.172. The largest absolute Gasteiger partial charge is 0.458 e. The third-order valence-corrected chi connectivity index (χ3v) is 7.60. The number of anilines is 1. The van der Waals surface area contributed by atoms with Crippen LogP contribution in [0.4, 0.5) is 5.69 Å². The maximum atomic E-state index is 13.5. The summed E-state index contributed by atoms with van der Waals surface area (Å²) in [6, 6.07) is 4.85. The molecule has 1 aliphatic carbocycles. The number of esters is 1. The zero-order chi connectivity index (χ0) is 24.6. The molecule has 3 aromatic rings. The monoisotopic (exact) mass is 474 g/mol. The van der Waals surface area contributed by atoms with Gasteiger partial charge in [-0.05, 0) is 61.9 Å². The Kier molecular flexibility index (Phi) is 4.68. The lowest BCUT2D eigenvalue weighted by atomic mass is 9.85. The van der Waals surface area contributed by atoms with Crippen LogP contribution >= 0.6 is 0 Å². The number of nitrogens with zero attached hydrogens (tertiary/aromatic N) is 2. The van der Waals surface area contributed by atoms with Crippen LogP contribution in [0.5, 0.6) is 0 Å². The van der Waals surface area contributed by atoms with Crippen molar-refractivity contribution in [1.29, 1.82) is 0 Å². The van der Waals surface area contributed by atoms with Gasteiger partial charge in [0.25, 0.3) is 5.56 Å². The van der Waals surface area contributed by atoms with Crippen molar-refractivity contribution in [3.05, 3.63) is 56.4 Å². The highest BCUT2D eigenvalue weighted by Crippen LogP contribution is 2.43. The van der Waals surface area contributed by atoms with Crippen LogP contribution in [0.3, 0.4) is 0 Å². The van der Waals surface area contributed by atoms with Crippen LogP contribution in [0, 0.1) is 0 Å². The average molecular weight is 475 g/mol. The number of cyclic esters (lactones) is 1. The smallest absolute Gasteiger partial charge is 0.343 e. The minimum atomic E-state index is -1.85. The van der Waals surface area contributed by atoms with Crippen LogP contribution in [0.2, 0.25) is 0 Å². The molecule has 4 N–H and O–H groups in total. The summed E-state index contributed by atoms with van der Waals surface area (Å²) < 4.78 is 6.82. The number of benzene rings is 1. The number of carbonyl (C=O) groups excluding carboxylic acids is 2. The maximum Gasteiger partial charge on any atom is 0.343 e. The van der Waals surface area contributed by atoms with E-state index in [2.05, 4.69) is 5.32 Å². The topological polar surface area (TPSA) is 137 Å². The van der Waals surface area contributed by atoms with Crippen LogP contribution in [0.15, 0.2) is 23.0 Å². The van der Waals surface area contributed by atoms with Crippen LogP contribution in [-0.4, -0.2) is 32.6 Å². The van der Waals surface area contributed by atoms with Crippen molar-refractivity contribution in [3.63, 3.8) is 0 Å². The van der Waals surface area contributed by atoms with Gasteiger partial charge in [0.15, 0.2) is 5.60 Å². The molecule has 6 rings (SSSR count). The number of hydrogen-bond donors (Lipinski definition) is 3. The number of ether oxygens (including phenoxy) is 1. The molecule has 1 aromatic carbocycles. The van der Waals surface area contributed by atoms with E-state index in [1.165, 1.54) is 0 Å². The summed E-state index contributed by atoms with van der Waals surface area (Å²) >= 11 is 0. The first-order valence-electron chi connectivity index (χ1n) is 12.0. The van der Waals surface area contributed by atoms with Crippen molar-refractivity contribution in [2.24, 2.45) is 5.73 Å². The third-order valence-electron chi connectivity index (χ3n) is 7.60. The first-order chi connectivity index (χ1) is 16.7. The Bertz CT molecular complexity index is 1520. The highest BCUT2D eigenvalue weighted by Gasteiger charge is 2.45. The van der Waals surface area contributed by atoms with E-state index < -0.39 is 17.6 Å². The molecule has 180 valence electrons. The maximum absolute atomic E-state index is 13.5. The molecule has 0 unspecified atom stereocenters. The summed E-state index contributed by atoms with van der Waals surface area (Å²) in [7, 11) is 0. The number of aryl methyl sites for hydroxylation is 2. The number of nitrogens with two attached hydrogens (primary N) is 1. The van der Waals surface area contributed by atoms with Crippen LogP contribution < -0.4 is 16.6 Å².